The summed E-state index contributed by atoms with van der Waals surface area (Å²) in [6.45, 7) is 4.94. The average Bonchev–Trinajstić information content (AvgIpc) is 3.05. The lowest BCUT2D eigenvalue weighted by atomic mass is 9.67. The van der Waals surface area contributed by atoms with Crippen LogP contribution in [0.3, 0.4) is 0 Å². The molecule has 1 saturated carbocycles. The number of aromatic nitrogens is 1. The molecule has 0 unspecified atom stereocenters. The van der Waals surface area contributed by atoms with Gasteiger partial charge in [-0.05, 0) is 87.7 Å². The molecule has 0 radical (unpaired) electrons. The number of rotatable bonds is 2. The highest BCUT2D eigenvalue weighted by atomic mass is 16.2. The van der Waals surface area contributed by atoms with Gasteiger partial charge in [0.15, 0.2) is 0 Å². The number of piperidine rings is 1. The number of aryl methyl sites for hydroxylation is 1. The van der Waals surface area contributed by atoms with Gasteiger partial charge >= 0.3 is 6.03 Å². The average molecular weight is 395 g/mol. The zero-order valence-corrected chi connectivity index (χ0v) is 17.2. The molecule has 2 aromatic rings. The third-order valence-corrected chi connectivity index (χ3v) is 7.45. The van der Waals surface area contributed by atoms with Gasteiger partial charge in [0, 0.05) is 41.8 Å². The van der Waals surface area contributed by atoms with Gasteiger partial charge in [-0.25, -0.2) is 4.79 Å². The summed E-state index contributed by atoms with van der Waals surface area (Å²) in [4.78, 5) is 25.3. The van der Waals surface area contributed by atoms with E-state index in [0.717, 1.165) is 5.69 Å². The molecule has 1 aromatic carbocycles. The molecule has 3 heterocycles. The van der Waals surface area contributed by atoms with Crippen molar-refractivity contribution in [1.29, 1.82) is 0 Å². The molecule has 6 nitrogen and oxygen atoms in total. The number of carbonyl (C=O) groups is 2. The fraction of sp³-hybridized carbons (Fsp3) is 0.565. The fourth-order valence-corrected chi connectivity index (χ4v) is 5.64. The van der Waals surface area contributed by atoms with Gasteiger partial charge in [-0.15, -0.1) is 0 Å². The molecule has 1 aromatic heterocycles. The Bertz CT molecular complexity index is 947. The number of amides is 3. The van der Waals surface area contributed by atoms with E-state index in [4.69, 9.17) is 0 Å². The van der Waals surface area contributed by atoms with Crippen molar-refractivity contribution in [2.45, 2.75) is 57.9 Å². The van der Waals surface area contributed by atoms with Gasteiger partial charge in [-0.1, -0.05) is 0 Å². The van der Waals surface area contributed by atoms with Crippen LogP contribution in [0.15, 0.2) is 24.4 Å². The first kappa shape index (κ1) is 18.7. The van der Waals surface area contributed by atoms with Crippen LogP contribution in [-0.2, 0) is 4.79 Å². The Morgan fingerprint density at radius 2 is 1.83 bits per heavy atom. The minimum atomic E-state index is -0.322. The van der Waals surface area contributed by atoms with Crippen LogP contribution in [0.4, 0.5) is 10.5 Å². The Morgan fingerprint density at radius 3 is 2.55 bits per heavy atom. The van der Waals surface area contributed by atoms with Crippen molar-refractivity contribution in [3.05, 3.63) is 30.0 Å². The maximum Gasteiger partial charge on any atom is 0.328 e. The second-order valence-electron chi connectivity index (χ2n) is 9.16. The number of hydrogen-bond donors (Lipinski definition) is 2. The van der Waals surface area contributed by atoms with Crippen molar-refractivity contribution in [2.75, 3.05) is 24.5 Å². The lowest BCUT2D eigenvalue weighted by molar-refractivity contribution is -0.120. The number of carbonyl (C=O) groups excluding carboxylic acids is 2. The van der Waals surface area contributed by atoms with Crippen molar-refractivity contribution in [3.8, 4) is 0 Å². The SMILES string of the molecule is Cc1cn(C2CCC3(CCNCC3)CC2)c2ccc(N3CCC(=O)NC3=O)cc12. The second-order valence-corrected chi connectivity index (χ2v) is 9.16. The first-order chi connectivity index (χ1) is 14.0. The lowest BCUT2D eigenvalue weighted by Crippen LogP contribution is -2.49. The van der Waals surface area contributed by atoms with E-state index in [2.05, 4.69) is 40.5 Å². The van der Waals surface area contributed by atoms with Crippen LogP contribution in [0.25, 0.3) is 10.9 Å². The van der Waals surface area contributed by atoms with E-state index in [1.165, 1.54) is 68.1 Å². The maximum atomic E-state index is 12.2. The Hall–Kier alpha value is -2.34. The zero-order chi connectivity index (χ0) is 20.0. The molecule has 3 aliphatic rings. The first-order valence-electron chi connectivity index (χ1n) is 11.0. The molecule has 0 bridgehead atoms. The summed E-state index contributed by atoms with van der Waals surface area (Å²) >= 11 is 0. The highest BCUT2D eigenvalue weighted by Gasteiger charge is 2.37. The molecule has 1 aliphatic carbocycles. The van der Waals surface area contributed by atoms with Crippen molar-refractivity contribution >= 4 is 28.5 Å². The number of anilines is 1. The molecule has 3 amide bonds. The quantitative estimate of drug-likeness (QED) is 0.812. The van der Waals surface area contributed by atoms with Crippen LogP contribution in [0.2, 0.25) is 0 Å². The zero-order valence-electron chi connectivity index (χ0n) is 17.2. The van der Waals surface area contributed by atoms with Gasteiger partial charge in [0.1, 0.15) is 0 Å². The van der Waals surface area contributed by atoms with E-state index in [0.29, 0.717) is 24.4 Å². The van der Waals surface area contributed by atoms with Gasteiger partial charge < -0.3 is 9.88 Å². The van der Waals surface area contributed by atoms with E-state index in [-0.39, 0.29) is 11.9 Å². The van der Waals surface area contributed by atoms with Crippen LogP contribution >= 0.6 is 0 Å². The minimum absolute atomic E-state index is 0.196. The minimum Gasteiger partial charge on any atom is -0.344 e. The molecule has 2 aliphatic heterocycles. The third-order valence-electron chi connectivity index (χ3n) is 7.45. The van der Waals surface area contributed by atoms with Crippen molar-refractivity contribution in [3.63, 3.8) is 0 Å². The number of imide groups is 1. The number of nitrogens with zero attached hydrogens (tertiary/aromatic N) is 2. The Morgan fingerprint density at radius 1 is 1.07 bits per heavy atom. The van der Waals surface area contributed by atoms with Crippen molar-refractivity contribution in [1.82, 2.24) is 15.2 Å². The van der Waals surface area contributed by atoms with Crippen LogP contribution in [-0.4, -0.2) is 36.1 Å². The van der Waals surface area contributed by atoms with Gasteiger partial charge in [-0.2, -0.15) is 0 Å². The Labute approximate surface area is 171 Å². The summed E-state index contributed by atoms with van der Waals surface area (Å²) in [6, 6.07) is 6.51. The van der Waals surface area contributed by atoms with Crippen LogP contribution < -0.4 is 15.5 Å². The summed E-state index contributed by atoms with van der Waals surface area (Å²) < 4.78 is 2.47. The number of nitrogens with one attached hydrogen (secondary N) is 2. The summed E-state index contributed by atoms with van der Waals surface area (Å²) in [6.07, 6.45) is 10.5. The first-order valence-corrected chi connectivity index (χ1v) is 11.0. The molecular formula is C23H30N4O2. The van der Waals surface area contributed by atoms with Crippen molar-refractivity contribution in [2.24, 2.45) is 5.41 Å². The van der Waals surface area contributed by atoms with E-state index in [9.17, 15) is 9.59 Å². The van der Waals surface area contributed by atoms with Crippen LogP contribution in [0.1, 0.15) is 56.6 Å². The smallest absolute Gasteiger partial charge is 0.328 e. The Kier molecular flexibility index (Phi) is 4.62. The number of hydrogen-bond acceptors (Lipinski definition) is 3. The van der Waals surface area contributed by atoms with Crippen molar-refractivity contribution < 1.29 is 9.59 Å². The fourth-order valence-electron chi connectivity index (χ4n) is 5.64. The molecule has 5 rings (SSSR count). The van der Waals surface area contributed by atoms with E-state index < -0.39 is 0 Å². The summed E-state index contributed by atoms with van der Waals surface area (Å²) in [7, 11) is 0. The van der Waals surface area contributed by atoms with Gasteiger partial charge in [0.05, 0.1) is 0 Å². The highest BCUT2D eigenvalue weighted by molar-refractivity contribution is 6.06. The molecule has 1 spiro atoms. The van der Waals surface area contributed by atoms with E-state index >= 15 is 0 Å². The third kappa shape index (κ3) is 3.33. The monoisotopic (exact) mass is 394 g/mol. The van der Waals surface area contributed by atoms with Crippen LogP contribution in [0.5, 0.6) is 0 Å². The molecule has 0 atom stereocenters. The molecule has 154 valence electrons. The van der Waals surface area contributed by atoms with E-state index in [1.54, 1.807) is 4.90 Å². The summed E-state index contributed by atoms with van der Waals surface area (Å²) in [5.41, 5.74) is 3.94. The highest BCUT2D eigenvalue weighted by Crippen LogP contribution is 2.47. The van der Waals surface area contributed by atoms with Crippen LogP contribution in [0, 0.1) is 12.3 Å². The van der Waals surface area contributed by atoms with E-state index in [1.807, 2.05) is 6.07 Å². The standard InChI is InChI=1S/C23H30N4O2/c1-16-15-27(17-4-7-23(8-5-17)9-11-24-12-10-23)20-3-2-18(14-19(16)20)26-13-6-21(28)25-22(26)29/h2-3,14-15,17,24H,4-13H2,1H3,(H,25,28,29). The Balaban J connectivity index is 1.39. The summed E-state index contributed by atoms with van der Waals surface area (Å²) in [5, 5.41) is 7.13. The number of urea groups is 1. The normalized spacial score (nSPS) is 23.0. The topological polar surface area (TPSA) is 66.4 Å². The molecule has 29 heavy (non-hydrogen) atoms. The number of benzene rings is 1. The summed E-state index contributed by atoms with van der Waals surface area (Å²) in [5.74, 6) is -0.196. The molecule has 2 N–H and O–H groups in total. The van der Waals surface area contributed by atoms with Gasteiger partial charge in [0.25, 0.3) is 0 Å². The second kappa shape index (κ2) is 7.17. The predicted molar refractivity (Wildman–Crippen MR) is 114 cm³/mol. The molecular weight excluding hydrogens is 364 g/mol. The number of fused-ring (bicyclic) bond motifs is 1. The molecule has 3 fully saturated rings. The predicted octanol–water partition coefficient (Wildman–Crippen LogP) is 3.88. The molecule has 6 heteroatoms. The van der Waals surface area contributed by atoms with Gasteiger partial charge in [0.2, 0.25) is 5.91 Å². The maximum absolute atomic E-state index is 12.2. The largest absolute Gasteiger partial charge is 0.344 e. The molecule has 2 saturated heterocycles. The van der Waals surface area contributed by atoms with Gasteiger partial charge in [-0.3, -0.25) is 15.0 Å². The lowest BCUT2D eigenvalue weighted by Gasteiger charge is -2.43.